The summed E-state index contributed by atoms with van der Waals surface area (Å²) in [6, 6.07) is 8.72. The van der Waals surface area contributed by atoms with E-state index in [2.05, 4.69) is 5.32 Å². The molecule has 0 radical (unpaired) electrons. The summed E-state index contributed by atoms with van der Waals surface area (Å²) in [5, 5.41) is 5.09. The van der Waals surface area contributed by atoms with Gasteiger partial charge in [-0.3, -0.25) is 4.79 Å². The van der Waals surface area contributed by atoms with E-state index in [0.717, 1.165) is 0 Å². The molecule has 1 aromatic heterocycles. The Morgan fingerprint density at radius 3 is 2.82 bits per heavy atom. The number of hydrogen-bond donors (Lipinski definition) is 1. The van der Waals surface area contributed by atoms with Gasteiger partial charge in [-0.25, -0.2) is 0 Å². The number of rotatable bonds is 3. The van der Waals surface area contributed by atoms with Crippen molar-refractivity contribution in [2.24, 2.45) is 0 Å². The molecule has 1 N–H and O–H groups in total. The highest BCUT2D eigenvalue weighted by Crippen LogP contribution is 2.27. The van der Waals surface area contributed by atoms with Gasteiger partial charge in [-0.1, -0.05) is 17.7 Å². The lowest BCUT2D eigenvalue weighted by atomic mass is 10.3. The maximum Gasteiger partial charge on any atom is 0.265 e. The zero-order valence-electron chi connectivity index (χ0n) is 9.07. The lowest BCUT2D eigenvalue weighted by Gasteiger charge is -2.07. The van der Waals surface area contributed by atoms with E-state index in [4.69, 9.17) is 16.3 Å². The monoisotopic (exact) mass is 267 g/mol. The van der Waals surface area contributed by atoms with E-state index in [-0.39, 0.29) is 5.91 Å². The fraction of sp³-hybridized carbons (Fsp3) is 0.0833. The first-order chi connectivity index (χ1) is 8.20. The third-order valence-corrected chi connectivity index (χ3v) is 3.32. The maximum atomic E-state index is 11.8. The lowest BCUT2D eigenvalue weighted by molar-refractivity contribution is 0.103. The van der Waals surface area contributed by atoms with Crippen LogP contribution in [-0.4, -0.2) is 13.0 Å². The first-order valence-electron chi connectivity index (χ1n) is 4.89. The zero-order valence-corrected chi connectivity index (χ0v) is 10.6. The van der Waals surface area contributed by atoms with E-state index in [1.165, 1.54) is 11.3 Å². The van der Waals surface area contributed by atoms with E-state index >= 15 is 0 Å². The molecule has 0 aliphatic rings. The van der Waals surface area contributed by atoms with Crippen LogP contribution in [0.1, 0.15) is 9.67 Å². The fourth-order valence-electron chi connectivity index (χ4n) is 1.34. The minimum absolute atomic E-state index is 0.138. The maximum absolute atomic E-state index is 11.8. The Kier molecular flexibility index (Phi) is 3.66. The quantitative estimate of drug-likeness (QED) is 0.922. The van der Waals surface area contributed by atoms with Crippen molar-refractivity contribution in [1.29, 1.82) is 0 Å². The third-order valence-electron chi connectivity index (χ3n) is 2.15. The highest BCUT2D eigenvalue weighted by molar-refractivity contribution is 7.12. The second-order valence-electron chi connectivity index (χ2n) is 3.28. The second kappa shape index (κ2) is 5.21. The number of hydrogen-bond acceptors (Lipinski definition) is 3. The molecule has 0 aliphatic carbocycles. The minimum Gasteiger partial charge on any atom is -0.495 e. The molecule has 0 fully saturated rings. The Hall–Kier alpha value is -1.52. The molecule has 0 unspecified atom stereocenters. The summed E-state index contributed by atoms with van der Waals surface area (Å²) < 4.78 is 5.03. The average Bonchev–Trinajstić information content (AvgIpc) is 2.82. The minimum atomic E-state index is -0.138. The molecule has 1 amide bonds. The van der Waals surface area contributed by atoms with Crippen molar-refractivity contribution in [3.63, 3.8) is 0 Å². The topological polar surface area (TPSA) is 38.3 Å². The Morgan fingerprint density at radius 2 is 2.24 bits per heavy atom. The molecule has 3 nitrogen and oxygen atoms in total. The number of methoxy groups -OCH3 is 1. The van der Waals surface area contributed by atoms with Crippen LogP contribution in [0, 0.1) is 0 Å². The van der Waals surface area contributed by atoms with Crippen LogP contribution in [0.2, 0.25) is 5.02 Å². The smallest absolute Gasteiger partial charge is 0.265 e. The van der Waals surface area contributed by atoms with Gasteiger partial charge in [-0.2, -0.15) is 0 Å². The Bertz CT molecular complexity index is 525. The number of carbonyl (C=O) groups excluding carboxylic acids is 1. The van der Waals surface area contributed by atoms with Crippen molar-refractivity contribution in [2.75, 3.05) is 12.4 Å². The van der Waals surface area contributed by atoms with Crippen LogP contribution < -0.4 is 10.1 Å². The van der Waals surface area contributed by atoms with Crippen LogP contribution >= 0.6 is 22.9 Å². The number of nitrogens with one attached hydrogen (secondary N) is 1. The Balaban J connectivity index is 2.14. The molecule has 0 saturated heterocycles. The predicted octanol–water partition coefficient (Wildman–Crippen LogP) is 3.66. The van der Waals surface area contributed by atoms with Crippen LogP contribution in [-0.2, 0) is 0 Å². The molecule has 88 valence electrons. The van der Waals surface area contributed by atoms with E-state index in [1.807, 2.05) is 11.4 Å². The number of halogens is 1. The molecule has 5 heteroatoms. The second-order valence-corrected chi connectivity index (χ2v) is 4.64. The molecule has 2 aromatic rings. The molecule has 0 spiro atoms. The van der Waals surface area contributed by atoms with Crippen molar-refractivity contribution < 1.29 is 9.53 Å². The first kappa shape index (κ1) is 12.0. The summed E-state index contributed by atoms with van der Waals surface area (Å²) >= 11 is 7.36. The van der Waals surface area contributed by atoms with E-state index < -0.39 is 0 Å². The van der Waals surface area contributed by atoms with Crippen molar-refractivity contribution in [2.45, 2.75) is 0 Å². The average molecular weight is 268 g/mol. The third kappa shape index (κ3) is 2.78. The summed E-state index contributed by atoms with van der Waals surface area (Å²) in [6.07, 6.45) is 0. The fourth-order valence-corrected chi connectivity index (χ4v) is 2.22. The van der Waals surface area contributed by atoms with Gasteiger partial charge < -0.3 is 10.1 Å². The van der Waals surface area contributed by atoms with Crippen molar-refractivity contribution >= 4 is 34.5 Å². The number of amides is 1. The number of anilines is 1. The van der Waals surface area contributed by atoms with Crippen molar-refractivity contribution in [3.05, 3.63) is 45.6 Å². The summed E-state index contributed by atoms with van der Waals surface area (Å²) in [5.74, 6) is 0.446. The summed E-state index contributed by atoms with van der Waals surface area (Å²) in [5.41, 5.74) is 0.647. The van der Waals surface area contributed by atoms with Crippen LogP contribution in [0.3, 0.4) is 0 Å². The summed E-state index contributed by atoms with van der Waals surface area (Å²) in [6.45, 7) is 0. The van der Waals surface area contributed by atoms with Crippen LogP contribution in [0.5, 0.6) is 5.75 Å². The van der Waals surface area contributed by atoms with Crippen LogP contribution in [0.4, 0.5) is 5.69 Å². The van der Waals surface area contributed by atoms with Crippen molar-refractivity contribution in [3.8, 4) is 5.75 Å². The molecule has 2 rings (SSSR count). The number of carbonyl (C=O) groups is 1. The molecule has 0 saturated carbocycles. The summed E-state index contributed by atoms with van der Waals surface area (Å²) in [4.78, 5) is 12.4. The Morgan fingerprint density at radius 1 is 1.41 bits per heavy atom. The highest BCUT2D eigenvalue weighted by Gasteiger charge is 2.08. The standard InChI is InChI=1S/C12H10ClNO2S/c1-16-10-5-4-8(7-9(10)13)14-12(15)11-3-2-6-17-11/h2-7H,1H3,(H,14,15). The molecular formula is C12H10ClNO2S. The van der Waals surface area contributed by atoms with Gasteiger partial charge in [-0.15, -0.1) is 11.3 Å². The zero-order chi connectivity index (χ0) is 12.3. The Labute approximate surface area is 108 Å². The van der Waals surface area contributed by atoms with E-state index in [1.54, 1.807) is 31.4 Å². The lowest BCUT2D eigenvalue weighted by Crippen LogP contribution is -2.09. The van der Waals surface area contributed by atoms with Gasteiger partial charge >= 0.3 is 0 Å². The molecule has 0 bridgehead atoms. The van der Waals surface area contributed by atoms with Crippen LogP contribution in [0.25, 0.3) is 0 Å². The van der Waals surface area contributed by atoms with Gasteiger partial charge in [0.2, 0.25) is 0 Å². The van der Waals surface area contributed by atoms with Crippen molar-refractivity contribution in [1.82, 2.24) is 0 Å². The van der Waals surface area contributed by atoms with Gasteiger partial charge in [0.25, 0.3) is 5.91 Å². The highest BCUT2D eigenvalue weighted by atomic mass is 35.5. The first-order valence-corrected chi connectivity index (χ1v) is 6.15. The molecule has 1 aromatic carbocycles. The number of ether oxygens (including phenoxy) is 1. The molecule has 0 atom stereocenters. The largest absolute Gasteiger partial charge is 0.495 e. The van der Waals surface area contributed by atoms with E-state index in [0.29, 0.717) is 21.3 Å². The van der Waals surface area contributed by atoms with Gasteiger partial charge in [0.05, 0.1) is 17.0 Å². The summed E-state index contributed by atoms with van der Waals surface area (Å²) in [7, 11) is 1.55. The SMILES string of the molecule is COc1ccc(NC(=O)c2cccs2)cc1Cl. The van der Waals surface area contributed by atoms with Gasteiger partial charge in [0.1, 0.15) is 5.75 Å². The normalized spacial score (nSPS) is 10.0. The molecule has 0 aliphatic heterocycles. The number of benzene rings is 1. The van der Waals surface area contributed by atoms with Crippen LogP contribution in [0.15, 0.2) is 35.7 Å². The van der Waals surface area contributed by atoms with Gasteiger partial charge in [0.15, 0.2) is 0 Å². The van der Waals surface area contributed by atoms with Gasteiger partial charge in [-0.05, 0) is 29.6 Å². The number of thiophene rings is 1. The molecular weight excluding hydrogens is 258 g/mol. The molecule has 1 heterocycles. The molecule has 17 heavy (non-hydrogen) atoms. The van der Waals surface area contributed by atoms with Gasteiger partial charge in [0, 0.05) is 5.69 Å². The predicted molar refractivity (Wildman–Crippen MR) is 70.3 cm³/mol. The van der Waals surface area contributed by atoms with E-state index in [9.17, 15) is 4.79 Å².